The average Bonchev–Trinajstić information content (AvgIpc) is 2.82. The van der Waals surface area contributed by atoms with E-state index in [1.54, 1.807) is 6.92 Å². The van der Waals surface area contributed by atoms with Crippen LogP contribution < -0.4 is 15.0 Å². The Labute approximate surface area is 129 Å². The fourth-order valence-corrected chi connectivity index (χ4v) is 2.59. The Hall–Kier alpha value is -0.960. The Balaban J connectivity index is 1.99. The molecule has 0 aromatic carbocycles. The third kappa shape index (κ3) is 5.06. The van der Waals surface area contributed by atoms with E-state index < -0.39 is 6.10 Å². The highest BCUT2D eigenvalue weighted by atomic mass is 32.1. The van der Waals surface area contributed by atoms with E-state index in [0.29, 0.717) is 19.0 Å². The first kappa shape index (κ1) is 16.4. The molecule has 7 nitrogen and oxygen atoms in total. The van der Waals surface area contributed by atoms with Crippen LogP contribution in [-0.4, -0.2) is 58.0 Å². The zero-order valence-electron chi connectivity index (χ0n) is 13.0. The van der Waals surface area contributed by atoms with Crippen molar-refractivity contribution < 1.29 is 14.6 Å². The van der Waals surface area contributed by atoms with Gasteiger partial charge in [0.1, 0.15) is 12.8 Å². The number of nitrogens with one attached hydrogen (secondary N) is 1. The number of rotatable bonds is 5. The van der Waals surface area contributed by atoms with Crippen LogP contribution in [0.5, 0.6) is 5.88 Å². The van der Waals surface area contributed by atoms with Gasteiger partial charge in [0.15, 0.2) is 0 Å². The van der Waals surface area contributed by atoms with Crippen molar-refractivity contribution in [2.45, 2.75) is 45.6 Å². The predicted octanol–water partition coefficient (Wildman–Crippen LogP) is 0.848. The molecule has 0 bridgehead atoms. The van der Waals surface area contributed by atoms with Gasteiger partial charge in [-0.2, -0.15) is 4.37 Å². The van der Waals surface area contributed by atoms with Crippen molar-refractivity contribution in [1.29, 1.82) is 0 Å². The van der Waals surface area contributed by atoms with E-state index in [-0.39, 0.29) is 18.4 Å². The lowest BCUT2D eigenvalue weighted by Crippen LogP contribution is -2.54. The fraction of sp³-hybridized carbons (Fsp3) is 0.846. The highest BCUT2D eigenvalue weighted by molar-refractivity contribution is 6.99. The normalized spacial score (nSPS) is 21.4. The number of ether oxygens (including phenoxy) is 2. The van der Waals surface area contributed by atoms with Crippen molar-refractivity contribution >= 4 is 17.5 Å². The second-order valence-corrected chi connectivity index (χ2v) is 6.78. The maximum absolute atomic E-state index is 9.31. The average molecular weight is 316 g/mol. The van der Waals surface area contributed by atoms with E-state index >= 15 is 0 Å². The smallest absolute Gasteiger partial charge is 0.270 e. The van der Waals surface area contributed by atoms with Gasteiger partial charge in [0.2, 0.25) is 5.82 Å². The summed E-state index contributed by atoms with van der Waals surface area (Å²) in [5, 5.41) is 12.7. The molecule has 8 heteroatoms. The molecule has 2 heterocycles. The van der Waals surface area contributed by atoms with Crippen LogP contribution in [0.3, 0.4) is 0 Å². The summed E-state index contributed by atoms with van der Waals surface area (Å²) in [4.78, 5) is 2.10. The van der Waals surface area contributed by atoms with Crippen LogP contribution in [0.25, 0.3) is 0 Å². The van der Waals surface area contributed by atoms with E-state index in [1.165, 1.54) is 0 Å². The molecule has 0 spiro atoms. The first-order valence-corrected chi connectivity index (χ1v) is 7.86. The van der Waals surface area contributed by atoms with Crippen LogP contribution in [-0.2, 0) is 4.74 Å². The number of hydrogen-bond donors (Lipinski definition) is 2. The zero-order chi connectivity index (χ0) is 15.5. The Morgan fingerprint density at radius 2 is 2.29 bits per heavy atom. The molecule has 21 heavy (non-hydrogen) atoms. The van der Waals surface area contributed by atoms with Gasteiger partial charge in [-0.25, -0.2) is 0 Å². The first-order valence-electron chi connectivity index (χ1n) is 7.13. The summed E-state index contributed by atoms with van der Waals surface area (Å²) >= 11 is 1.12. The molecule has 1 aromatic rings. The third-order valence-electron chi connectivity index (χ3n) is 2.86. The van der Waals surface area contributed by atoms with Crippen LogP contribution in [0.2, 0.25) is 0 Å². The lowest BCUT2D eigenvalue weighted by Gasteiger charge is -2.37. The van der Waals surface area contributed by atoms with E-state index in [0.717, 1.165) is 24.1 Å². The molecule has 1 saturated heterocycles. The Kier molecular flexibility index (Phi) is 5.37. The van der Waals surface area contributed by atoms with Gasteiger partial charge in [0, 0.05) is 12.1 Å². The largest absolute Gasteiger partial charge is 0.472 e. The lowest BCUT2D eigenvalue weighted by atomic mass is 10.1. The number of aliphatic hydroxyl groups excluding tert-OH is 1. The highest BCUT2D eigenvalue weighted by Crippen LogP contribution is 2.27. The maximum Gasteiger partial charge on any atom is 0.270 e. The highest BCUT2D eigenvalue weighted by Gasteiger charge is 2.27. The zero-order valence-corrected chi connectivity index (χ0v) is 13.8. The Bertz CT molecular complexity index is 447. The molecule has 0 radical (unpaired) electrons. The first-order chi connectivity index (χ1) is 9.85. The SMILES string of the molecule is CC(O)COc1nsnc1N1CCO[C@H](NC(C)(C)C)C1. The summed E-state index contributed by atoms with van der Waals surface area (Å²) < 4.78 is 19.7. The molecule has 1 aliphatic heterocycles. The van der Waals surface area contributed by atoms with Crippen LogP contribution in [0, 0.1) is 0 Å². The minimum absolute atomic E-state index is 0.0142. The molecular weight excluding hydrogens is 292 g/mol. The summed E-state index contributed by atoms with van der Waals surface area (Å²) in [5.41, 5.74) is -0.0142. The number of nitrogens with zero attached hydrogens (tertiary/aromatic N) is 3. The molecule has 2 rings (SSSR count). The summed E-state index contributed by atoms with van der Waals surface area (Å²) in [7, 11) is 0. The van der Waals surface area contributed by atoms with Crippen molar-refractivity contribution in [3.8, 4) is 5.88 Å². The number of hydrogen-bond acceptors (Lipinski definition) is 8. The molecule has 1 aliphatic rings. The van der Waals surface area contributed by atoms with Crippen molar-refractivity contribution in [3.63, 3.8) is 0 Å². The molecule has 0 amide bonds. The molecule has 120 valence electrons. The van der Waals surface area contributed by atoms with Crippen molar-refractivity contribution in [2.24, 2.45) is 0 Å². The maximum atomic E-state index is 9.31. The van der Waals surface area contributed by atoms with Gasteiger partial charge in [-0.1, -0.05) is 0 Å². The number of aliphatic hydroxyl groups is 1. The van der Waals surface area contributed by atoms with Crippen molar-refractivity contribution in [3.05, 3.63) is 0 Å². The number of anilines is 1. The summed E-state index contributed by atoms with van der Waals surface area (Å²) in [5.74, 6) is 1.21. The van der Waals surface area contributed by atoms with Gasteiger partial charge in [0.25, 0.3) is 5.88 Å². The van der Waals surface area contributed by atoms with E-state index in [1.807, 2.05) is 0 Å². The molecular formula is C13H24N4O3S. The van der Waals surface area contributed by atoms with Crippen LogP contribution in [0.15, 0.2) is 0 Å². The summed E-state index contributed by atoms with van der Waals surface area (Å²) in [6, 6.07) is 0. The molecule has 0 aliphatic carbocycles. The Morgan fingerprint density at radius 1 is 1.52 bits per heavy atom. The fourth-order valence-electron chi connectivity index (χ4n) is 2.07. The van der Waals surface area contributed by atoms with Crippen molar-refractivity contribution in [2.75, 3.05) is 31.2 Å². The standard InChI is InChI=1S/C13H24N4O3S/c1-9(18)8-20-12-11(15-21-16-12)17-5-6-19-10(7-17)14-13(2,3)4/h9-10,14,18H,5-8H2,1-4H3/t9?,10-/m0/s1. The van der Waals surface area contributed by atoms with E-state index in [4.69, 9.17) is 9.47 Å². The predicted molar refractivity (Wildman–Crippen MR) is 81.9 cm³/mol. The van der Waals surface area contributed by atoms with E-state index in [9.17, 15) is 5.11 Å². The molecule has 0 saturated carbocycles. The van der Waals surface area contributed by atoms with Gasteiger partial charge in [-0.3, -0.25) is 5.32 Å². The van der Waals surface area contributed by atoms with Crippen LogP contribution in [0.4, 0.5) is 5.82 Å². The van der Waals surface area contributed by atoms with Crippen molar-refractivity contribution in [1.82, 2.24) is 14.1 Å². The van der Waals surface area contributed by atoms with Crippen LogP contribution >= 0.6 is 11.7 Å². The minimum Gasteiger partial charge on any atom is -0.472 e. The van der Waals surface area contributed by atoms with Gasteiger partial charge in [-0.15, -0.1) is 4.37 Å². The molecule has 2 atom stereocenters. The molecule has 1 fully saturated rings. The lowest BCUT2D eigenvalue weighted by molar-refractivity contribution is 0.00220. The minimum atomic E-state index is -0.528. The summed E-state index contributed by atoms with van der Waals surface area (Å²) in [6.45, 7) is 10.3. The molecule has 1 aromatic heterocycles. The summed E-state index contributed by atoms with van der Waals surface area (Å²) in [6.07, 6.45) is -0.579. The second-order valence-electron chi connectivity index (χ2n) is 6.25. The number of aromatic nitrogens is 2. The quantitative estimate of drug-likeness (QED) is 0.833. The van der Waals surface area contributed by atoms with Gasteiger partial charge < -0.3 is 19.5 Å². The monoisotopic (exact) mass is 316 g/mol. The van der Waals surface area contributed by atoms with Crippen LogP contribution in [0.1, 0.15) is 27.7 Å². The number of morpholine rings is 1. The third-order valence-corrected chi connectivity index (χ3v) is 3.37. The molecule has 1 unspecified atom stereocenters. The topological polar surface area (TPSA) is 79.7 Å². The molecule has 2 N–H and O–H groups in total. The Morgan fingerprint density at radius 3 is 2.95 bits per heavy atom. The second kappa shape index (κ2) is 6.87. The van der Waals surface area contributed by atoms with E-state index in [2.05, 4.69) is 39.7 Å². The van der Waals surface area contributed by atoms with Gasteiger partial charge in [-0.05, 0) is 27.7 Å². The van der Waals surface area contributed by atoms with Gasteiger partial charge >= 0.3 is 0 Å². The van der Waals surface area contributed by atoms with Gasteiger partial charge in [0.05, 0.1) is 31.0 Å².